The zero-order chi connectivity index (χ0) is 14.2. The van der Waals surface area contributed by atoms with E-state index in [0.717, 1.165) is 23.1 Å². The zero-order valence-electron chi connectivity index (χ0n) is 11.3. The number of aryl methyl sites for hydroxylation is 1. The molecule has 0 bridgehead atoms. The summed E-state index contributed by atoms with van der Waals surface area (Å²) in [5, 5.41) is 0. The lowest BCUT2D eigenvalue weighted by molar-refractivity contribution is 0.484. The SMILES string of the molecule is C[14CH2]c1cc(S(=O)(=O)O)c2cc(C(C)C)cccc1-2. The third-order valence-electron chi connectivity index (χ3n) is 3.39. The molecule has 0 amide bonds. The molecule has 0 fully saturated rings. The minimum atomic E-state index is -4.19. The Morgan fingerprint density at radius 3 is 2.37 bits per heavy atom. The smallest absolute Gasteiger partial charge is 0.282 e. The van der Waals surface area contributed by atoms with Crippen LogP contribution in [0.4, 0.5) is 0 Å². The predicted octanol–water partition coefficient (Wildman–Crippen LogP) is 3.72. The zero-order valence-corrected chi connectivity index (χ0v) is 12.2. The van der Waals surface area contributed by atoms with Gasteiger partial charge in [-0.1, -0.05) is 39.0 Å². The molecule has 0 heterocycles. The average molecular weight is 280 g/mol. The summed E-state index contributed by atoms with van der Waals surface area (Å²) in [6, 6.07) is 9.27. The van der Waals surface area contributed by atoms with Gasteiger partial charge in [0.05, 0.1) is 0 Å². The standard InChI is InChI=1S/C15H18O3S/c1-4-11-9-15(19(16,17)18)14-8-12(10(2)3)6-5-7-13(11)14/h5-10H,4H2,1-3H3,(H,16,17,18)/i4+2. The van der Waals surface area contributed by atoms with Crippen LogP contribution in [-0.2, 0) is 16.5 Å². The Labute approximate surface area is 114 Å². The molecular weight excluding hydrogens is 262 g/mol. The van der Waals surface area contributed by atoms with Crippen LogP contribution in [0.1, 0.15) is 37.8 Å². The minimum absolute atomic E-state index is 0.0115. The van der Waals surface area contributed by atoms with E-state index in [4.69, 9.17) is 0 Å². The molecule has 0 aliphatic heterocycles. The molecule has 19 heavy (non-hydrogen) atoms. The van der Waals surface area contributed by atoms with Crippen LogP contribution >= 0.6 is 0 Å². The summed E-state index contributed by atoms with van der Waals surface area (Å²) in [6.07, 6.45) is 0.729. The summed E-state index contributed by atoms with van der Waals surface area (Å²) < 4.78 is 32.4. The quantitative estimate of drug-likeness (QED) is 0.872. The lowest BCUT2D eigenvalue weighted by Gasteiger charge is -2.04. The van der Waals surface area contributed by atoms with Crippen molar-refractivity contribution in [3.63, 3.8) is 0 Å². The van der Waals surface area contributed by atoms with Crippen LogP contribution in [0.15, 0.2) is 35.2 Å². The number of hydrogen-bond donors (Lipinski definition) is 1. The largest absolute Gasteiger partial charge is 0.295 e. The van der Waals surface area contributed by atoms with Gasteiger partial charge in [-0.3, -0.25) is 4.55 Å². The van der Waals surface area contributed by atoms with Crippen molar-refractivity contribution < 1.29 is 13.0 Å². The van der Waals surface area contributed by atoms with E-state index in [9.17, 15) is 13.0 Å². The molecule has 0 aromatic carbocycles. The van der Waals surface area contributed by atoms with Crippen LogP contribution in [0.2, 0.25) is 0 Å². The van der Waals surface area contributed by atoms with E-state index in [-0.39, 0.29) is 4.90 Å². The molecule has 0 saturated heterocycles. The van der Waals surface area contributed by atoms with Crippen molar-refractivity contribution in [3.8, 4) is 11.1 Å². The lowest BCUT2D eigenvalue weighted by atomic mass is 10.0. The number of hydrogen-bond acceptors (Lipinski definition) is 2. The summed E-state index contributed by atoms with van der Waals surface area (Å²) in [4.78, 5) is 0.0115. The maximum Gasteiger partial charge on any atom is 0.295 e. The molecule has 102 valence electrons. The molecule has 0 saturated carbocycles. The molecule has 0 atom stereocenters. The van der Waals surface area contributed by atoms with Crippen molar-refractivity contribution in [2.24, 2.45) is 0 Å². The Morgan fingerprint density at radius 2 is 1.84 bits per heavy atom. The van der Waals surface area contributed by atoms with Crippen LogP contribution < -0.4 is 0 Å². The van der Waals surface area contributed by atoms with Crippen molar-refractivity contribution in [2.45, 2.75) is 38.0 Å². The molecule has 3 nitrogen and oxygen atoms in total. The molecule has 0 radical (unpaired) electrons. The van der Waals surface area contributed by atoms with Crippen molar-refractivity contribution in [1.29, 1.82) is 0 Å². The van der Waals surface area contributed by atoms with Crippen molar-refractivity contribution in [3.05, 3.63) is 41.5 Å². The first-order valence-electron chi connectivity index (χ1n) is 6.37. The van der Waals surface area contributed by atoms with Crippen molar-refractivity contribution in [1.82, 2.24) is 0 Å². The molecule has 2 rings (SSSR count). The fourth-order valence-corrected chi connectivity index (χ4v) is 3.04. The van der Waals surface area contributed by atoms with Crippen molar-refractivity contribution in [2.75, 3.05) is 0 Å². The molecule has 4 heteroatoms. The van der Waals surface area contributed by atoms with Gasteiger partial charge in [0.2, 0.25) is 0 Å². The first-order valence-corrected chi connectivity index (χ1v) is 7.81. The van der Waals surface area contributed by atoms with Crippen LogP contribution in [0, 0.1) is 0 Å². The molecule has 2 aliphatic rings. The van der Waals surface area contributed by atoms with Gasteiger partial charge in [0.25, 0.3) is 10.1 Å². The monoisotopic (exact) mass is 280 g/mol. The van der Waals surface area contributed by atoms with Gasteiger partial charge in [0, 0.05) is 5.56 Å². The van der Waals surface area contributed by atoms with E-state index in [1.54, 1.807) is 6.07 Å². The first kappa shape index (κ1) is 14.0. The van der Waals surface area contributed by atoms with E-state index < -0.39 is 10.1 Å². The minimum Gasteiger partial charge on any atom is -0.282 e. The molecule has 2 aliphatic carbocycles. The molecule has 0 unspecified atom stereocenters. The maximum atomic E-state index is 11.5. The third-order valence-corrected chi connectivity index (χ3v) is 4.29. The predicted molar refractivity (Wildman–Crippen MR) is 76.3 cm³/mol. The van der Waals surface area contributed by atoms with Gasteiger partial charge in [-0.2, -0.15) is 8.42 Å². The summed E-state index contributed by atoms with van der Waals surface area (Å²) in [5.41, 5.74) is 3.48. The van der Waals surface area contributed by atoms with Gasteiger partial charge >= 0.3 is 0 Å². The van der Waals surface area contributed by atoms with Gasteiger partial charge < -0.3 is 0 Å². The average Bonchev–Trinajstić information content (AvgIpc) is 2.52. The summed E-state index contributed by atoms with van der Waals surface area (Å²) in [6.45, 7) is 6.08. The topological polar surface area (TPSA) is 54.4 Å². The highest BCUT2D eigenvalue weighted by Gasteiger charge is 2.22. The number of rotatable bonds is 3. The third kappa shape index (κ3) is 2.65. The van der Waals surface area contributed by atoms with E-state index in [0.29, 0.717) is 11.5 Å². The number of fused-ring (bicyclic) bond motifs is 1. The highest BCUT2D eigenvalue weighted by molar-refractivity contribution is 7.86. The van der Waals surface area contributed by atoms with Gasteiger partial charge in [-0.05, 0) is 41.2 Å². The van der Waals surface area contributed by atoms with Crippen LogP contribution in [0.25, 0.3) is 11.1 Å². The molecule has 0 spiro atoms. The normalized spacial score (nSPS) is 12.3. The van der Waals surface area contributed by atoms with E-state index in [2.05, 4.69) is 13.8 Å². The van der Waals surface area contributed by atoms with Crippen LogP contribution in [0.3, 0.4) is 0 Å². The highest BCUT2D eigenvalue weighted by Crippen LogP contribution is 2.36. The Morgan fingerprint density at radius 1 is 1.16 bits per heavy atom. The van der Waals surface area contributed by atoms with E-state index in [1.807, 2.05) is 31.2 Å². The summed E-state index contributed by atoms with van der Waals surface area (Å²) in [5.74, 6) is 0.296. The fourth-order valence-electron chi connectivity index (χ4n) is 2.30. The summed E-state index contributed by atoms with van der Waals surface area (Å²) >= 11 is 0. The van der Waals surface area contributed by atoms with Gasteiger partial charge in [-0.15, -0.1) is 0 Å². The van der Waals surface area contributed by atoms with Gasteiger partial charge in [-0.25, -0.2) is 0 Å². The summed E-state index contributed by atoms with van der Waals surface area (Å²) in [7, 11) is -4.19. The fraction of sp³-hybridized carbons (Fsp3) is 0.333. The molecular formula is C15H18O3S. The Balaban J connectivity index is 2.81. The van der Waals surface area contributed by atoms with Crippen LogP contribution in [0.5, 0.6) is 0 Å². The Bertz CT molecular complexity index is 672. The van der Waals surface area contributed by atoms with Crippen molar-refractivity contribution >= 4 is 10.1 Å². The second-order valence-corrected chi connectivity index (χ2v) is 6.40. The maximum absolute atomic E-state index is 11.5. The highest BCUT2D eigenvalue weighted by atomic mass is 32.2. The van der Waals surface area contributed by atoms with Crippen LogP contribution in [-0.4, -0.2) is 13.0 Å². The van der Waals surface area contributed by atoms with Gasteiger partial charge in [0.1, 0.15) is 4.90 Å². The lowest BCUT2D eigenvalue weighted by Crippen LogP contribution is -1.97. The molecule has 1 N–H and O–H groups in total. The first-order chi connectivity index (χ1) is 8.84. The van der Waals surface area contributed by atoms with E-state index in [1.165, 1.54) is 0 Å². The van der Waals surface area contributed by atoms with Gasteiger partial charge in [0.15, 0.2) is 0 Å². The Hall–Kier alpha value is -1.39. The molecule has 0 aromatic rings. The molecule has 0 aromatic heterocycles. The Kier molecular flexibility index (Phi) is 3.65. The van der Waals surface area contributed by atoms with E-state index >= 15 is 0 Å². The second-order valence-electron chi connectivity index (χ2n) is 5.01. The second kappa shape index (κ2) is 4.94.